The van der Waals surface area contributed by atoms with Crippen LogP contribution in [0.5, 0.6) is 0 Å². The summed E-state index contributed by atoms with van der Waals surface area (Å²) in [6.07, 6.45) is 1.97. The Morgan fingerprint density at radius 1 is 1.24 bits per heavy atom. The first-order valence-corrected chi connectivity index (χ1v) is 6.37. The van der Waals surface area contributed by atoms with Gasteiger partial charge in [0, 0.05) is 17.9 Å². The number of fused-ring (bicyclic) bond motifs is 1. The molecule has 0 aliphatic heterocycles. The Hall–Kier alpha value is -1.14. The third-order valence-electron chi connectivity index (χ3n) is 2.34. The molecule has 92 valence electrons. The maximum absolute atomic E-state index is 13.0. The van der Waals surface area contributed by atoms with Gasteiger partial charge < -0.3 is 10.7 Å². The predicted molar refractivity (Wildman–Crippen MR) is 65.0 cm³/mol. The van der Waals surface area contributed by atoms with Crippen molar-refractivity contribution in [3.8, 4) is 0 Å². The van der Waals surface area contributed by atoms with E-state index in [9.17, 15) is 8.78 Å². The lowest BCUT2D eigenvalue weighted by molar-refractivity contribution is 0.510. The number of benzene rings is 1. The van der Waals surface area contributed by atoms with Gasteiger partial charge in [-0.25, -0.2) is 13.8 Å². The largest absolute Gasteiger partial charge is 0.333 e. The maximum Gasteiger partial charge on any atom is 0.166 e. The summed E-state index contributed by atoms with van der Waals surface area (Å²) in [5.41, 5.74) is 6.35. The molecule has 1 heterocycles. The maximum atomic E-state index is 13.0. The molecule has 2 aromatic rings. The molecule has 0 aliphatic carbocycles. The van der Waals surface area contributed by atoms with Crippen LogP contribution in [0.25, 0.3) is 11.0 Å². The van der Waals surface area contributed by atoms with E-state index < -0.39 is 11.6 Å². The highest BCUT2D eigenvalue weighted by atomic mass is 32.2. The van der Waals surface area contributed by atoms with Crippen molar-refractivity contribution in [2.75, 3.05) is 12.3 Å². The van der Waals surface area contributed by atoms with Gasteiger partial charge in [0.1, 0.15) is 0 Å². The Balaban J connectivity index is 2.09. The van der Waals surface area contributed by atoms with Crippen LogP contribution in [0.1, 0.15) is 12.8 Å². The van der Waals surface area contributed by atoms with Crippen molar-refractivity contribution in [2.45, 2.75) is 18.0 Å². The number of nitrogens with zero attached hydrogens (tertiary/aromatic N) is 1. The highest BCUT2D eigenvalue weighted by molar-refractivity contribution is 7.99. The molecule has 0 fully saturated rings. The molecule has 0 atom stereocenters. The fourth-order valence-electron chi connectivity index (χ4n) is 1.47. The van der Waals surface area contributed by atoms with Crippen molar-refractivity contribution in [3.05, 3.63) is 23.8 Å². The summed E-state index contributed by atoms with van der Waals surface area (Å²) < 4.78 is 25.9. The molecule has 0 amide bonds. The molecule has 0 radical (unpaired) electrons. The standard InChI is InChI=1S/C11H13F2N3S/c12-7-5-9-10(6-8(7)13)16-11(15-9)17-4-2-1-3-14/h5-6H,1-4,14H2,(H,15,16). The number of aromatic amines is 1. The third kappa shape index (κ3) is 2.95. The van der Waals surface area contributed by atoms with E-state index in [0.29, 0.717) is 22.7 Å². The van der Waals surface area contributed by atoms with E-state index in [0.717, 1.165) is 30.7 Å². The van der Waals surface area contributed by atoms with E-state index in [4.69, 9.17) is 5.73 Å². The second-order valence-corrected chi connectivity index (χ2v) is 4.75. The van der Waals surface area contributed by atoms with Crippen LogP contribution >= 0.6 is 11.8 Å². The van der Waals surface area contributed by atoms with Crippen LogP contribution in [0, 0.1) is 11.6 Å². The lowest BCUT2D eigenvalue weighted by Gasteiger charge is -1.95. The molecule has 0 unspecified atom stereocenters. The van der Waals surface area contributed by atoms with Crippen molar-refractivity contribution in [1.82, 2.24) is 9.97 Å². The van der Waals surface area contributed by atoms with Crippen LogP contribution in [0.3, 0.4) is 0 Å². The molecule has 3 N–H and O–H groups in total. The topological polar surface area (TPSA) is 54.7 Å². The number of rotatable bonds is 5. The van der Waals surface area contributed by atoms with Gasteiger partial charge in [-0.15, -0.1) is 0 Å². The molecular formula is C11H13F2N3S. The number of nitrogens with two attached hydrogens (primary N) is 1. The summed E-state index contributed by atoms with van der Waals surface area (Å²) in [6, 6.07) is 2.23. The van der Waals surface area contributed by atoms with Crippen LogP contribution in [0.15, 0.2) is 17.3 Å². The Bertz CT molecular complexity index is 474. The molecule has 1 aromatic carbocycles. The van der Waals surface area contributed by atoms with Gasteiger partial charge in [-0.2, -0.15) is 0 Å². The molecule has 0 saturated carbocycles. The second-order valence-electron chi connectivity index (χ2n) is 3.67. The first-order chi connectivity index (χ1) is 8.20. The van der Waals surface area contributed by atoms with Crippen molar-refractivity contribution in [1.29, 1.82) is 0 Å². The highest BCUT2D eigenvalue weighted by Crippen LogP contribution is 2.22. The summed E-state index contributed by atoms with van der Waals surface area (Å²) in [5.74, 6) is -0.841. The molecule has 17 heavy (non-hydrogen) atoms. The SMILES string of the molecule is NCCCCSc1nc2cc(F)c(F)cc2[nH]1. The lowest BCUT2D eigenvalue weighted by Crippen LogP contribution is -1.98. The van der Waals surface area contributed by atoms with Crippen LogP contribution < -0.4 is 5.73 Å². The smallest absolute Gasteiger partial charge is 0.166 e. The number of nitrogens with one attached hydrogen (secondary N) is 1. The number of unbranched alkanes of at least 4 members (excludes halogenated alkanes) is 1. The Morgan fingerprint density at radius 2 is 2.00 bits per heavy atom. The van der Waals surface area contributed by atoms with Crippen LogP contribution in [0.4, 0.5) is 8.78 Å². The second kappa shape index (κ2) is 5.46. The number of hydrogen-bond acceptors (Lipinski definition) is 3. The van der Waals surface area contributed by atoms with Crippen molar-refractivity contribution in [2.24, 2.45) is 5.73 Å². The number of imidazole rings is 1. The first-order valence-electron chi connectivity index (χ1n) is 5.38. The monoisotopic (exact) mass is 257 g/mol. The predicted octanol–water partition coefficient (Wildman–Crippen LogP) is 2.67. The summed E-state index contributed by atoms with van der Waals surface area (Å²) >= 11 is 1.53. The quantitative estimate of drug-likeness (QED) is 0.639. The Labute approximate surface area is 102 Å². The summed E-state index contributed by atoms with van der Waals surface area (Å²) in [6.45, 7) is 0.678. The normalized spacial score (nSPS) is 11.2. The van der Waals surface area contributed by atoms with E-state index >= 15 is 0 Å². The average Bonchev–Trinajstić information content (AvgIpc) is 2.67. The van der Waals surface area contributed by atoms with Gasteiger partial charge in [0.25, 0.3) is 0 Å². The van der Waals surface area contributed by atoms with Gasteiger partial charge in [0.2, 0.25) is 0 Å². The highest BCUT2D eigenvalue weighted by Gasteiger charge is 2.08. The lowest BCUT2D eigenvalue weighted by atomic mass is 10.3. The van der Waals surface area contributed by atoms with Crippen LogP contribution in [0.2, 0.25) is 0 Å². The number of H-pyrrole nitrogens is 1. The van der Waals surface area contributed by atoms with Gasteiger partial charge >= 0.3 is 0 Å². The van der Waals surface area contributed by atoms with Crippen molar-refractivity contribution < 1.29 is 8.78 Å². The molecule has 0 spiro atoms. The molecule has 2 rings (SSSR count). The van der Waals surface area contributed by atoms with E-state index in [1.165, 1.54) is 11.8 Å². The summed E-state index contributed by atoms with van der Waals surface area (Å²) in [7, 11) is 0. The zero-order valence-corrected chi connectivity index (χ0v) is 9.99. The minimum absolute atomic E-state index is 0.449. The zero-order chi connectivity index (χ0) is 12.3. The molecule has 0 aliphatic rings. The van der Waals surface area contributed by atoms with Crippen LogP contribution in [-0.4, -0.2) is 22.3 Å². The average molecular weight is 257 g/mol. The minimum Gasteiger partial charge on any atom is -0.333 e. The van der Waals surface area contributed by atoms with E-state index in [2.05, 4.69) is 9.97 Å². The van der Waals surface area contributed by atoms with Gasteiger partial charge in [-0.05, 0) is 19.4 Å². The third-order valence-corrected chi connectivity index (χ3v) is 3.30. The Kier molecular flexibility index (Phi) is 3.96. The number of hydrogen-bond donors (Lipinski definition) is 2. The van der Waals surface area contributed by atoms with Gasteiger partial charge in [0.15, 0.2) is 16.8 Å². The molecule has 0 saturated heterocycles. The van der Waals surface area contributed by atoms with Crippen LogP contribution in [-0.2, 0) is 0 Å². The Morgan fingerprint density at radius 3 is 2.76 bits per heavy atom. The van der Waals surface area contributed by atoms with E-state index in [1.54, 1.807) is 0 Å². The molecule has 3 nitrogen and oxygen atoms in total. The van der Waals surface area contributed by atoms with Crippen molar-refractivity contribution in [3.63, 3.8) is 0 Å². The fourth-order valence-corrected chi connectivity index (χ4v) is 2.35. The number of halogens is 2. The first kappa shape index (κ1) is 12.3. The summed E-state index contributed by atoms with van der Waals surface area (Å²) in [4.78, 5) is 7.14. The summed E-state index contributed by atoms with van der Waals surface area (Å²) in [5, 5.41) is 0.682. The van der Waals surface area contributed by atoms with E-state index in [-0.39, 0.29) is 0 Å². The number of aromatic nitrogens is 2. The van der Waals surface area contributed by atoms with Gasteiger partial charge in [-0.1, -0.05) is 11.8 Å². The molecule has 6 heteroatoms. The zero-order valence-electron chi connectivity index (χ0n) is 9.17. The molecule has 0 bridgehead atoms. The molecular weight excluding hydrogens is 244 g/mol. The van der Waals surface area contributed by atoms with Gasteiger partial charge in [-0.3, -0.25) is 0 Å². The fraction of sp³-hybridized carbons (Fsp3) is 0.364. The minimum atomic E-state index is -0.872. The van der Waals surface area contributed by atoms with E-state index in [1.807, 2.05) is 0 Å². The van der Waals surface area contributed by atoms with Gasteiger partial charge in [0.05, 0.1) is 11.0 Å². The number of thioether (sulfide) groups is 1. The molecule has 1 aromatic heterocycles. The van der Waals surface area contributed by atoms with Crippen molar-refractivity contribution >= 4 is 22.8 Å².